The van der Waals surface area contributed by atoms with Crippen LogP contribution in [0, 0.1) is 0 Å². The molecule has 1 aromatic carbocycles. The van der Waals surface area contributed by atoms with E-state index >= 15 is 0 Å². The molecule has 0 amide bonds. The van der Waals surface area contributed by atoms with Crippen LogP contribution in [0.2, 0.25) is 5.02 Å². The quantitative estimate of drug-likeness (QED) is 0.866. The molecular formula is C15H22ClNO2S. The first-order valence-corrected chi connectivity index (χ1v) is 8.19. The highest BCUT2D eigenvalue weighted by Gasteiger charge is 2.28. The van der Waals surface area contributed by atoms with Crippen LogP contribution in [0.15, 0.2) is 12.1 Å². The van der Waals surface area contributed by atoms with Crippen molar-refractivity contribution in [2.75, 3.05) is 26.5 Å². The fourth-order valence-electron chi connectivity index (χ4n) is 2.52. The number of hydrogen-bond donors (Lipinski definition) is 1. The average molecular weight is 316 g/mol. The van der Waals surface area contributed by atoms with Crippen molar-refractivity contribution in [2.24, 2.45) is 0 Å². The van der Waals surface area contributed by atoms with E-state index in [1.807, 2.05) is 12.1 Å². The highest BCUT2D eigenvalue weighted by molar-refractivity contribution is 8.00. The number of nitrogens with one attached hydrogen (secondary N) is 1. The van der Waals surface area contributed by atoms with E-state index in [1.54, 1.807) is 14.2 Å². The van der Waals surface area contributed by atoms with Crippen LogP contribution in [0.5, 0.6) is 11.5 Å². The summed E-state index contributed by atoms with van der Waals surface area (Å²) in [4.78, 5) is 0. The molecule has 112 valence electrons. The smallest absolute Gasteiger partial charge is 0.179 e. The summed E-state index contributed by atoms with van der Waals surface area (Å²) in [6, 6.07) is 3.90. The molecule has 0 spiro atoms. The number of methoxy groups -OCH3 is 2. The van der Waals surface area contributed by atoms with Crippen molar-refractivity contribution >= 4 is 23.4 Å². The van der Waals surface area contributed by atoms with Gasteiger partial charge in [-0.3, -0.25) is 0 Å². The maximum atomic E-state index is 6.21. The lowest BCUT2D eigenvalue weighted by molar-refractivity contribution is 0.354. The Morgan fingerprint density at radius 2 is 2.15 bits per heavy atom. The highest BCUT2D eigenvalue weighted by atomic mass is 35.5. The van der Waals surface area contributed by atoms with Crippen molar-refractivity contribution in [1.29, 1.82) is 0 Å². The van der Waals surface area contributed by atoms with Crippen LogP contribution >= 0.6 is 23.4 Å². The van der Waals surface area contributed by atoms with Crippen LogP contribution in [0.4, 0.5) is 0 Å². The molecular weight excluding hydrogens is 294 g/mol. The van der Waals surface area contributed by atoms with Gasteiger partial charge in [-0.25, -0.2) is 0 Å². The lowest BCUT2D eigenvalue weighted by Crippen LogP contribution is -2.32. The molecule has 1 aliphatic heterocycles. The molecule has 0 aromatic heterocycles. The van der Waals surface area contributed by atoms with E-state index in [-0.39, 0.29) is 0 Å². The number of thioether (sulfide) groups is 1. The zero-order valence-corrected chi connectivity index (χ0v) is 13.9. The van der Waals surface area contributed by atoms with Gasteiger partial charge in [0.1, 0.15) is 0 Å². The third-order valence-electron chi connectivity index (χ3n) is 3.62. The van der Waals surface area contributed by atoms with Crippen LogP contribution in [-0.4, -0.2) is 31.3 Å². The van der Waals surface area contributed by atoms with E-state index in [4.69, 9.17) is 21.1 Å². The Morgan fingerprint density at radius 3 is 2.75 bits per heavy atom. The Morgan fingerprint density at radius 1 is 1.35 bits per heavy atom. The molecule has 2 rings (SSSR count). The van der Waals surface area contributed by atoms with Crippen molar-refractivity contribution in [3.63, 3.8) is 0 Å². The first-order chi connectivity index (χ1) is 9.58. The summed E-state index contributed by atoms with van der Waals surface area (Å²) in [6.45, 7) is 4.14. The van der Waals surface area contributed by atoms with Gasteiger partial charge in [-0.15, -0.1) is 0 Å². The largest absolute Gasteiger partial charge is 0.493 e. The fraction of sp³-hybridized carbons (Fsp3) is 0.600. The van der Waals surface area contributed by atoms with E-state index in [1.165, 1.54) is 18.6 Å². The minimum absolute atomic E-state index is 0.375. The van der Waals surface area contributed by atoms with Crippen molar-refractivity contribution in [3.8, 4) is 11.5 Å². The number of ether oxygens (including phenoxy) is 2. The molecule has 1 N–H and O–H groups in total. The minimum atomic E-state index is 0.375. The average Bonchev–Trinajstić information content (AvgIpc) is 2.85. The van der Waals surface area contributed by atoms with E-state index < -0.39 is 0 Å². The number of hydrogen-bond acceptors (Lipinski definition) is 4. The maximum absolute atomic E-state index is 6.21. The van der Waals surface area contributed by atoms with Crippen LogP contribution in [0.3, 0.4) is 0 Å². The molecule has 1 heterocycles. The van der Waals surface area contributed by atoms with E-state index in [0.29, 0.717) is 21.3 Å². The summed E-state index contributed by atoms with van der Waals surface area (Å²) in [6.07, 6.45) is 2.61. The van der Waals surface area contributed by atoms with Gasteiger partial charge in [0.25, 0.3) is 0 Å². The summed E-state index contributed by atoms with van der Waals surface area (Å²) >= 11 is 8.27. The third-order valence-corrected chi connectivity index (χ3v) is 5.44. The topological polar surface area (TPSA) is 30.5 Å². The van der Waals surface area contributed by atoms with Gasteiger partial charge in [0, 0.05) is 17.8 Å². The lowest BCUT2D eigenvalue weighted by atomic mass is 10.1. The molecule has 1 aliphatic rings. The molecule has 0 aliphatic carbocycles. The molecule has 1 saturated heterocycles. The zero-order chi connectivity index (χ0) is 14.6. The Bertz CT molecular complexity index is 461. The normalized spacial score (nSPS) is 22.0. The van der Waals surface area contributed by atoms with Crippen LogP contribution < -0.4 is 14.8 Å². The fourth-order valence-corrected chi connectivity index (χ4v) is 4.11. The van der Waals surface area contributed by atoms with E-state index in [0.717, 1.165) is 18.7 Å². The van der Waals surface area contributed by atoms with Crippen molar-refractivity contribution in [2.45, 2.75) is 31.1 Å². The molecule has 1 atom stereocenters. The predicted octanol–water partition coefficient (Wildman–Crippen LogP) is 3.73. The number of halogens is 1. The molecule has 1 unspecified atom stereocenters. The molecule has 1 fully saturated rings. The Hall–Kier alpha value is -0.580. The second kappa shape index (κ2) is 6.92. The predicted molar refractivity (Wildman–Crippen MR) is 86.4 cm³/mol. The van der Waals surface area contributed by atoms with Crippen LogP contribution in [0.25, 0.3) is 0 Å². The number of rotatable bonds is 6. The minimum Gasteiger partial charge on any atom is -0.493 e. The van der Waals surface area contributed by atoms with E-state index in [9.17, 15) is 0 Å². The number of benzene rings is 1. The van der Waals surface area contributed by atoms with Gasteiger partial charge in [-0.2, -0.15) is 11.8 Å². The van der Waals surface area contributed by atoms with Gasteiger partial charge in [0.2, 0.25) is 0 Å². The van der Waals surface area contributed by atoms with E-state index in [2.05, 4.69) is 24.0 Å². The monoisotopic (exact) mass is 315 g/mol. The van der Waals surface area contributed by atoms with Gasteiger partial charge in [0.15, 0.2) is 11.5 Å². The molecule has 0 radical (unpaired) electrons. The summed E-state index contributed by atoms with van der Waals surface area (Å²) in [5, 5.41) is 4.11. The third kappa shape index (κ3) is 3.74. The lowest BCUT2D eigenvalue weighted by Gasteiger charge is -2.23. The Kier molecular flexibility index (Phi) is 5.47. The molecule has 0 bridgehead atoms. The maximum Gasteiger partial charge on any atom is 0.179 e. The standard InChI is InChI=1S/C15H22ClNO2S/c1-15(5-4-6-20-15)10-17-9-11-7-12(16)14(19-3)13(8-11)18-2/h7-8,17H,4-6,9-10H2,1-3H3. The van der Waals surface area contributed by atoms with Crippen molar-refractivity contribution in [1.82, 2.24) is 5.32 Å². The first kappa shape index (κ1) is 15.8. The van der Waals surface area contributed by atoms with Crippen molar-refractivity contribution in [3.05, 3.63) is 22.7 Å². The van der Waals surface area contributed by atoms with Gasteiger partial charge in [-0.1, -0.05) is 11.6 Å². The molecule has 3 nitrogen and oxygen atoms in total. The molecule has 0 saturated carbocycles. The van der Waals surface area contributed by atoms with Crippen molar-refractivity contribution < 1.29 is 9.47 Å². The SMILES string of the molecule is COc1cc(CNCC2(C)CCCS2)cc(Cl)c1OC. The Balaban J connectivity index is 1.97. The molecule has 5 heteroatoms. The summed E-state index contributed by atoms with van der Waals surface area (Å²) in [7, 11) is 3.22. The Labute approximate surface area is 130 Å². The van der Waals surface area contributed by atoms with Crippen LogP contribution in [-0.2, 0) is 6.54 Å². The van der Waals surface area contributed by atoms with Gasteiger partial charge < -0.3 is 14.8 Å². The highest BCUT2D eigenvalue weighted by Crippen LogP contribution is 2.38. The summed E-state index contributed by atoms with van der Waals surface area (Å²) < 4.78 is 10.9. The molecule has 20 heavy (non-hydrogen) atoms. The van der Waals surface area contributed by atoms with Gasteiger partial charge in [-0.05, 0) is 43.2 Å². The molecule has 1 aromatic rings. The van der Waals surface area contributed by atoms with Crippen LogP contribution in [0.1, 0.15) is 25.3 Å². The first-order valence-electron chi connectivity index (χ1n) is 6.83. The second-order valence-electron chi connectivity index (χ2n) is 5.32. The van der Waals surface area contributed by atoms with Gasteiger partial charge in [0.05, 0.1) is 19.2 Å². The van der Waals surface area contributed by atoms with Gasteiger partial charge >= 0.3 is 0 Å². The zero-order valence-electron chi connectivity index (χ0n) is 12.3. The summed E-state index contributed by atoms with van der Waals surface area (Å²) in [5.74, 6) is 2.55. The summed E-state index contributed by atoms with van der Waals surface area (Å²) in [5.41, 5.74) is 1.11. The second-order valence-corrected chi connectivity index (χ2v) is 7.41.